The molecule has 0 atom stereocenters. The molecule has 0 aliphatic rings. The number of carbonyl (C=O) groups excluding carboxylic acids is 2. The molecule has 0 aliphatic heterocycles. The van der Waals surface area contributed by atoms with Crippen molar-refractivity contribution in [2.75, 3.05) is 23.1 Å². The Balaban J connectivity index is 1.57. The zero-order valence-corrected chi connectivity index (χ0v) is 16.2. The molecule has 29 heavy (non-hydrogen) atoms. The van der Waals surface area contributed by atoms with Crippen molar-refractivity contribution in [1.82, 2.24) is 4.98 Å². The highest BCUT2D eigenvalue weighted by Crippen LogP contribution is 2.24. The van der Waals surface area contributed by atoms with Crippen molar-refractivity contribution in [2.24, 2.45) is 0 Å². The Morgan fingerprint density at radius 2 is 1.79 bits per heavy atom. The van der Waals surface area contributed by atoms with Gasteiger partial charge in [0.25, 0.3) is 0 Å². The number of hydrogen-bond donors (Lipinski definition) is 3. The average molecular weight is 407 g/mol. The Morgan fingerprint density at radius 1 is 1.07 bits per heavy atom. The molecule has 1 heterocycles. The topological polar surface area (TPSA) is 116 Å². The van der Waals surface area contributed by atoms with Crippen LogP contribution in [0.3, 0.4) is 0 Å². The number of methoxy groups -OCH3 is 1. The van der Waals surface area contributed by atoms with E-state index in [9.17, 15) is 9.59 Å². The number of anilines is 3. The van der Waals surface area contributed by atoms with Crippen LogP contribution in [0.4, 0.5) is 21.3 Å². The summed E-state index contributed by atoms with van der Waals surface area (Å²) in [6.07, 6.45) is 0.0199. The third kappa shape index (κ3) is 5.31. The fraction of sp³-hybridized carbons (Fsp3) is 0.100. The molecule has 3 aromatic rings. The van der Waals surface area contributed by atoms with Gasteiger partial charge in [-0.15, -0.1) is 11.3 Å². The Labute approximate surface area is 171 Å². The normalized spacial score (nSPS) is 9.93. The molecule has 0 fully saturated rings. The molecular weight excluding hydrogens is 390 g/mol. The van der Waals surface area contributed by atoms with Gasteiger partial charge < -0.3 is 15.4 Å². The molecule has 0 bridgehead atoms. The van der Waals surface area contributed by atoms with Crippen LogP contribution >= 0.6 is 11.3 Å². The molecule has 9 heteroatoms. The number of aromatic nitrogens is 1. The molecule has 0 spiro atoms. The van der Waals surface area contributed by atoms with Crippen LogP contribution in [0.15, 0.2) is 53.9 Å². The summed E-state index contributed by atoms with van der Waals surface area (Å²) in [4.78, 5) is 28.6. The van der Waals surface area contributed by atoms with Gasteiger partial charge in [0.05, 0.1) is 36.2 Å². The summed E-state index contributed by atoms with van der Waals surface area (Å²) in [5.74, 6) is 0.236. The smallest absolute Gasteiger partial charge is 0.325 e. The van der Waals surface area contributed by atoms with Crippen molar-refractivity contribution in [3.63, 3.8) is 0 Å². The molecule has 1 aromatic heterocycles. The van der Waals surface area contributed by atoms with Crippen LogP contribution in [0.25, 0.3) is 0 Å². The fourth-order valence-corrected chi connectivity index (χ4v) is 3.20. The molecule has 3 rings (SSSR count). The Hall–Kier alpha value is -3.90. The summed E-state index contributed by atoms with van der Waals surface area (Å²) in [6, 6.07) is 15.3. The lowest BCUT2D eigenvalue weighted by Crippen LogP contribution is -2.20. The molecule has 0 aliphatic carbocycles. The highest BCUT2D eigenvalue weighted by molar-refractivity contribution is 7.14. The molecule has 8 nitrogen and oxygen atoms in total. The van der Waals surface area contributed by atoms with Crippen molar-refractivity contribution < 1.29 is 14.3 Å². The first-order chi connectivity index (χ1) is 14.1. The highest BCUT2D eigenvalue weighted by atomic mass is 32.1. The Morgan fingerprint density at radius 3 is 2.55 bits per heavy atom. The number of nitrogens with zero attached hydrogens (tertiary/aromatic N) is 2. The van der Waals surface area contributed by atoms with Crippen LogP contribution in [0.5, 0.6) is 5.75 Å². The number of nitrogens with one attached hydrogen (secondary N) is 3. The summed E-state index contributed by atoms with van der Waals surface area (Å²) < 4.78 is 5.19. The lowest BCUT2D eigenvalue weighted by atomic mass is 10.2. The van der Waals surface area contributed by atoms with Crippen LogP contribution < -0.4 is 20.7 Å². The van der Waals surface area contributed by atoms with E-state index in [0.29, 0.717) is 33.5 Å². The van der Waals surface area contributed by atoms with Crippen LogP contribution in [0, 0.1) is 11.3 Å². The van der Waals surface area contributed by atoms with Gasteiger partial charge in [-0.25, -0.2) is 9.78 Å². The molecule has 0 unspecified atom stereocenters. The minimum absolute atomic E-state index is 0.0199. The van der Waals surface area contributed by atoms with Gasteiger partial charge in [-0.2, -0.15) is 5.26 Å². The van der Waals surface area contributed by atoms with E-state index in [1.54, 1.807) is 53.9 Å². The number of hydrogen-bond acceptors (Lipinski definition) is 6. The van der Waals surface area contributed by atoms with E-state index < -0.39 is 6.03 Å². The van der Waals surface area contributed by atoms with Gasteiger partial charge >= 0.3 is 6.03 Å². The largest absolute Gasteiger partial charge is 0.495 e. The quantitative estimate of drug-likeness (QED) is 0.574. The van der Waals surface area contributed by atoms with E-state index in [1.165, 1.54) is 18.4 Å². The Bertz CT molecular complexity index is 1070. The molecule has 0 saturated carbocycles. The lowest BCUT2D eigenvalue weighted by molar-refractivity contribution is -0.115. The highest BCUT2D eigenvalue weighted by Gasteiger charge is 2.12. The van der Waals surface area contributed by atoms with Crippen molar-refractivity contribution in [3.05, 3.63) is 65.2 Å². The van der Waals surface area contributed by atoms with Gasteiger partial charge in [-0.3, -0.25) is 10.1 Å². The predicted molar refractivity (Wildman–Crippen MR) is 111 cm³/mol. The summed E-state index contributed by atoms with van der Waals surface area (Å²) in [6.45, 7) is 0. The lowest BCUT2D eigenvalue weighted by Gasteiger charge is -2.09. The first-order valence-electron chi connectivity index (χ1n) is 8.53. The van der Waals surface area contributed by atoms with Crippen LogP contribution in [-0.2, 0) is 11.2 Å². The maximum atomic E-state index is 12.2. The van der Waals surface area contributed by atoms with E-state index in [1.807, 2.05) is 6.07 Å². The number of thiazole rings is 1. The van der Waals surface area contributed by atoms with Gasteiger partial charge in [0, 0.05) is 5.38 Å². The third-order valence-corrected chi connectivity index (χ3v) is 4.60. The van der Waals surface area contributed by atoms with E-state index in [0.717, 1.165) is 0 Å². The summed E-state index contributed by atoms with van der Waals surface area (Å²) in [5, 5.41) is 19.1. The average Bonchev–Trinajstić information content (AvgIpc) is 3.15. The number of rotatable bonds is 6. The molecule has 0 radical (unpaired) electrons. The summed E-state index contributed by atoms with van der Waals surface area (Å²) in [7, 11) is 1.52. The van der Waals surface area contributed by atoms with E-state index in [4.69, 9.17) is 10.00 Å². The fourth-order valence-electron chi connectivity index (χ4n) is 2.49. The third-order valence-electron chi connectivity index (χ3n) is 3.79. The molecule has 3 amide bonds. The Kier molecular flexibility index (Phi) is 6.40. The van der Waals surface area contributed by atoms with Crippen molar-refractivity contribution >= 4 is 39.8 Å². The predicted octanol–water partition coefficient (Wildman–Crippen LogP) is 3.85. The van der Waals surface area contributed by atoms with Crippen molar-refractivity contribution in [3.8, 4) is 11.8 Å². The van der Waals surface area contributed by atoms with Gasteiger partial charge in [-0.05, 0) is 24.3 Å². The number of amides is 3. The minimum atomic E-state index is -0.470. The first kappa shape index (κ1) is 19.9. The number of nitriles is 1. The number of carbonyl (C=O) groups is 2. The second-order valence-electron chi connectivity index (χ2n) is 5.81. The van der Waals surface area contributed by atoms with Gasteiger partial charge in [0.2, 0.25) is 5.91 Å². The maximum Gasteiger partial charge on any atom is 0.325 e. The van der Waals surface area contributed by atoms with Crippen LogP contribution in [-0.4, -0.2) is 24.0 Å². The van der Waals surface area contributed by atoms with Gasteiger partial charge in [0.1, 0.15) is 11.8 Å². The van der Waals surface area contributed by atoms with E-state index in [2.05, 4.69) is 20.9 Å². The zero-order chi connectivity index (χ0) is 20.6. The number of benzene rings is 2. The van der Waals surface area contributed by atoms with Crippen molar-refractivity contribution in [1.29, 1.82) is 5.26 Å². The molecule has 146 valence electrons. The summed E-state index contributed by atoms with van der Waals surface area (Å²) in [5.41, 5.74) is 1.87. The monoisotopic (exact) mass is 407 g/mol. The zero-order valence-electron chi connectivity index (χ0n) is 15.4. The minimum Gasteiger partial charge on any atom is -0.495 e. The first-order valence-corrected chi connectivity index (χ1v) is 9.41. The standard InChI is InChI=1S/C20H17N5O3S/c1-28-17-9-5-4-8-16(17)24-19(27)25-20-22-14(12-29-20)10-18(26)23-15-7-3-2-6-13(15)11-21/h2-9,12H,10H2,1H3,(H,23,26)(H2,22,24,25,27). The van der Waals surface area contributed by atoms with E-state index in [-0.39, 0.29) is 12.3 Å². The number of ether oxygens (including phenoxy) is 1. The van der Waals surface area contributed by atoms with Crippen LogP contribution in [0.1, 0.15) is 11.3 Å². The molecule has 0 saturated heterocycles. The molecule has 2 aromatic carbocycles. The summed E-state index contributed by atoms with van der Waals surface area (Å²) >= 11 is 1.21. The maximum absolute atomic E-state index is 12.2. The van der Waals surface area contributed by atoms with Gasteiger partial charge in [-0.1, -0.05) is 24.3 Å². The van der Waals surface area contributed by atoms with Gasteiger partial charge in [0.15, 0.2) is 5.13 Å². The van der Waals surface area contributed by atoms with Crippen LogP contribution in [0.2, 0.25) is 0 Å². The van der Waals surface area contributed by atoms with Crippen molar-refractivity contribution in [2.45, 2.75) is 6.42 Å². The SMILES string of the molecule is COc1ccccc1NC(=O)Nc1nc(CC(=O)Nc2ccccc2C#N)cs1. The number of urea groups is 1. The second-order valence-corrected chi connectivity index (χ2v) is 6.66. The number of para-hydroxylation sites is 3. The second kappa shape index (κ2) is 9.34. The molecule has 3 N–H and O–H groups in total. The van der Waals surface area contributed by atoms with E-state index >= 15 is 0 Å². The molecular formula is C20H17N5O3S.